The van der Waals surface area contributed by atoms with E-state index in [4.69, 9.17) is 9.47 Å². The number of ether oxygens (including phenoxy) is 2. The summed E-state index contributed by atoms with van der Waals surface area (Å²) in [5, 5.41) is 25.1. The molecule has 4 aromatic rings. The highest BCUT2D eigenvalue weighted by Gasteiger charge is 2.23. The number of carbonyl (C=O) groups excluding carboxylic acids is 1. The van der Waals surface area contributed by atoms with Gasteiger partial charge in [0.15, 0.2) is 11.5 Å². The zero-order valence-corrected chi connectivity index (χ0v) is 24.3. The second-order valence-corrected chi connectivity index (χ2v) is 11.3. The molecule has 1 N–H and O–H groups in total. The molecule has 3 aromatic carbocycles. The molecular formula is C32H26BrN3O3S. The van der Waals surface area contributed by atoms with E-state index < -0.39 is 5.91 Å². The van der Waals surface area contributed by atoms with Crippen molar-refractivity contribution in [2.45, 2.75) is 39.2 Å². The van der Waals surface area contributed by atoms with Crippen LogP contribution in [0.5, 0.6) is 11.5 Å². The highest BCUT2D eigenvalue weighted by Crippen LogP contribution is 2.39. The van der Waals surface area contributed by atoms with E-state index >= 15 is 0 Å². The second-order valence-electron chi connectivity index (χ2n) is 9.38. The van der Waals surface area contributed by atoms with E-state index in [9.17, 15) is 15.3 Å². The first-order valence-electron chi connectivity index (χ1n) is 13.0. The van der Waals surface area contributed by atoms with Crippen LogP contribution in [0.4, 0.5) is 5.00 Å². The average molecular weight is 613 g/mol. The Balaban J connectivity index is 1.37. The first-order valence-corrected chi connectivity index (χ1v) is 14.7. The molecule has 1 aromatic heterocycles. The Morgan fingerprint density at radius 3 is 2.65 bits per heavy atom. The Bertz CT molecular complexity index is 1710. The van der Waals surface area contributed by atoms with Crippen molar-refractivity contribution < 1.29 is 14.3 Å². The zero-order chi connectivity index (χ0) is 28.1. The van der Waals surface area contributed by atoms with E-state index in [0.717, 1.165) is 47.1 Å². The van der Waals surface area contributed by atoms with Crippen molar-refractivity contribution in [3.05, 3.63) is 91.8 Å². The van der Waals surface area contributed by atoms with Crippen LogP contribution in [0.1, 0.15) is 46.9 Å². The first kappa shape index (κ1) is 27.5. The number of thiophene rings is 1. The molecule has 40 heavy (non-hydrogen) atoms. The van der Waals surface area contributed by atoms with Crippen LogP contribution in [-0.2, 0) is 24.2 Å². The van der Waals surface area contributed by atoms with Crippen LogP contribution in [0.2, 0.25) is 0 Å². The Labute approximate surface area is 245 Å². The van der Waals surface area contributed by atoms with E-state index in [1.54, 1.807) is 12.1 Å². The van der Waals surface area contributed by atoms with E-state index in [1.165, 1.54) is 22.8 Å². The van der Waals surface area contributed by atoms with Gasteiger partial charge in [0.05, 0.1) is 16.6 Å². The van der Waals surface area contributed by atoms with Crippen LogP contribution in [-0.4, -0.2) is 12.5 Å². The highest BCUT2D eigenvalue weighted by molar-refractivity contribution is 9.10. The summed E-state index contributed by atoms with van der Waals surface area (Å²) >= 11 is 5.01. The Kier molecular flexibility index (Phi) is 8.50. The topological polar surface area (TPSA) is 95.1 Å². The Hall–Kier alpha value is -4.11. The van der Waals surface area contributed by atoms with E-state index in [1.807, 2.05) is 31.2 Å². The van der Waals surface area contributed by atoms with Gasteiger partial charge in [-0.15, -0.1) is 11.3 Å². The van der Waals surface area contributed by atoms with Crippen LogP contribution < -0.4 is 14.8 Å². The lowest BCUT2D eigenvalue weighted by molar-refractivity contribution is -0.112. The monoisotopic (exact) mass is 611 g/mol. The van der Waals surface area contributed by atoms with Gasteiger partial charge in [-0.1, -0.05) is 36.4 Å². The number of rotatable bonds is 8. The third-order valence-corrected chi connectivity index (χ3v) is 8.51. The molecule has 0 aliphatic heterocycles. The lowest BCUT2D eigenvalue weighted by Crippen LogP contribution is -2.13. The summed E-state index contributed by atoms with van der Waals surface area (Å²) in [7, 11) is 0. The predicted octanol–water partition coefficient (Wildman–Crippen LogP) is 7.94. The zero-order valence-electron chi connectivity index (χ0n) is 21.9. The van der Waals surface area contributed by atoms with Crippen LogP contribution in [0.25, 0.3) is 16.8 Å². The van der Waals surface area contributed by atoms with Crippen molar-refractivity contribution in [1.29, 1.82) is 10.5 Å². The predicted molar refractivity (Wildman–Crippen MR) is 161 cm³/mol. The van der Waals surface area contributed by atoms with Crippen LogP contribution in [0, 0.1) is 22.7 Å². The molecule has 8 heteroatoms. The molecule has 5 rings (SSSR count). The van der Waals surface area contributed by atoms with Gasteiger partial charge in [0.1, 0.15) is 29.3 Å². The molecule has 0 saturated carbocycles. The van der Waals surface area contributed by atoms with Gasteiger partial charge in [-0.3, -0.25) is 4.79 Å². The maximum Gasteiger partial charge on any atom is 0.266 e. The van der Waals surface area contributed by atoms with Gasteiger partial charge in [0, 0.05) is 4.88 Å². The number of nitriles is 2. The number of hydrogen-bond donors (Lipinski definition) is 1. The number of nitrogens with zero attached hydrogens (tertiary/aromatic N) is 2. The molecule has 0 bridgehead atoms. The quantitative estimate of drug-likeness (QED) is 0.161. The highest BCUT2D eigenvalue weighted by atomic mass is 79.9. The van der Waals surface area contributed by atoms with Crippen molar-refractivity contribution in [3.63, 3.8) is 0 Å². The summed E-state index contributed by atoms with van der Waals surface area (Å²) < 4.78 is 12.7. The Morgan fingerprint density at radius 2 is 1.88 bits per heavy atom. The second kappa shape index (κ2) is 12.4. The van der Waals surface area contributed by atoms with Gasteiger partial charge < -0.3 is 14.8 Å². The first-order chi connectivity index (χ1) is 19.5. The number of benzene rings is 3. The van der Waals surface area contributed by atoms with E-state index in [2.05, 4.69) is 51.6 Å². The van der Waals surface area contributed by atoms with E-state index in [-0.39, 0.29) is 5.57 Å². The summed E-state index contributed by atoms with van der Waals surface area (Å²) in [6.45, 7) is 2.64. The molecule has 200 valence electrons. The number of carbonyl (C=O) groups is 1. The fourth-order valence-electron chi connectivity index (χ4n) is 4.82. The van der Waals surface area contributed by atoms with Gasteiger partial charge in [-0.25, -0.2) is 0 Å². The number of amides is 1. The molecule has 0 fully saturated rings. The fraction of sp³-hybridized carbons (Fsp3) is 0.219. The van der Waals surface area contributed by atoms with Gasteiger partial charge in [0.2, 0.25) is 0 Å². The van der Waals surface area contributed by atoms with Crippen LogP contribution in [0.15, 0.2) is 64.6 Å². The Morgan fingerprint density at radius 1 is 1.07 bits per heavy atom. The van der Waals surface area contributed by atoms with Gasteiger partial charge in [-0.05, 0) is 100 Å². The summed E-state index contributed by atoms with van der Waals surface area (Å²) in [4.78, 5) is 14.2. The summed E-state index contributed by atoms with van der Waals surface area (Å²) in [6, 6.07) is 22.1. The van der Waals surface area contributed by atoms with Crippen molar-refractivity contribution >= 4 is 55.0 Å². The SMILES string of the molecule is CCOc1cc(/C=C(\C#N)C(=O)Nc2sc3c(c2C#N)CCCC3)cc(Br)c1OCc1ccc2ccccc2c1. The van der Waals surface area contributed by atoms with Crippen LogP contribution in [0.3, 0.4) is 0 Å². The third-order valence-electron chi connectivity index (χ3n) is 6.71. The number of fused-ring (bicyclic) bond motifs is 2. The fourth-order valence-corrected chi connectivity index (χ4v) is 6.63. The van der Waals surface area contributed by atoms with E-state index in [0.29, 0.717) is 45.3 Å². The number of nitrogens with one attached hydrogen (secondary N) is 1. The lowest BCUT2D eigenvalue weighted by Gasteiger charge is -2.15. The number of halogens is 1. The normalized spacial score (nSPS) is 12.8. The van der Waals surface area contributed by atoms with Crippen molar-refractivity contribution in [2.75, 3.05) is 11.9 Å². The van der Waals surface area contributed by atoms with Crippen LogP contribution >= 0.6 is 27.3 Å². The molecule has 0 spiro atoms. The lowest BCUT2D eigenvalue weighted by atomic mass is 9.96. The summed E-state index contributed by atoms with van der Waals surface area (Å²) in [5.74, 6) is 0.487. The molecule has 0 unspecified atom stereocenters. The summed E-state index contributed by atoms with van der Waals surface area (Å²) in [5.41, 5.74) is 3.09. The third kappa shape index (κ3) is 5.89. The van der Waals surface area contributed by atoms with Gasteiger partial charge >= 0.3 is 0 Å². The number of aryl methyl sites for hydroxylation is 1. The molecule has 1 amide bonds. The largest absolute Gasteiger partial charge is 0.490 e. The smallest absolute Gasteiger partial charge is 0.266 e. The molecule has 1 aliphatic rings. The molecule has 0 saturated heterocycles. The molecule has 1 aliphatic carbocycles. The van der Waals surface area contributed by atoms with Crippen molar-refractivity contribution in [3.8, 4) is 23.6 Å². The molecule has 0 radical (unpaired) electrons. The minimum absolute atomic E-state index is 0.0746. The maximum absolute atomic E-state index is 13.1. The molecular weight excluding hydrogens is 586 g/mol. The number of hydrogen-bond acceptors (Lipinski definition) is 6. The maximum atomic E-state index is 13.1. The van der Waals surface area contributed by atoms with Crippen molar-refractivity contribution in [2.24, 2.45) is 0 Å². The number of anilines is 1. The molecule has 6 nitrogen and oxygen atoms in total. The van der Waals surface area contributed by atoms with Crippen molar-refractivity contribution in [1.82, 2.24) is 0 Å². The minimum atomic E-state index is -0.552. The average Bonchev–Trinajstić information content (AvgIpc) is 3.32. The molecule has 1 heterocycles. The summed E-state index contributed by atoms with van der Waals surface area (Å²) in [6.07, 6.45) is 5.38. The van der Waals surface area contributed by atoms with Gasteiger partial charge in [0.25, 0.3) is 5.91 Å². The van der Waals surface area contributed by atoms with Gasteiger partial charge in [-0.2, -0.15) is 10.5 Å². The molecule has 0 atom stereocenters. The standard InChI is InChI=1S/C32H26BrN3O3S/c1-2-38-28-16-21(15-27(33)30(28)39-19-20-11-12-22-7-3-4-8-23(22)13-20)14-24(17-34)31(37)36-32-26(18-35)25-9-5-6-10-29(25)40-32/h3-4,7-8,11-16H,2,5-6,9-10,19H2,1H3,(H,36,37)/b24-14+. The minimum Gasteiger partial charge on any atom is -0.490 e.